The minimum absolute atomic E-state index is 0.00155. The van der Waals surface area contributed by atoms with Crippen molar-refractivity contribution >= 4 is 17.6 Å². The van der Waals surface area contributed by atoms with E-state index in [1.807, 2.05) is 29.2 Å². The van der Waals surface area contributed by atoms with Gasteiger partial charge in [0.15, 0.2) is 0 Å². The molecule has 3 amide bonds. The molecular formula is C25H33N3O3. The summed E-state index contributed by atoms with van der Waals surface area (Å²) in [5, 5.41) is 2.91. The summed E-state index contributed by atoms with van der Waals surface area (Å²) in [7, 11) is 1.57. The van der Waals surface area contributed by atoms with E-state index in [9.17, 15) is 9.59 Å². The molecule has 0 aliphatic carbocycles. The molecule has 31 heavy (non-hydrogen) atoms. The zero-order valence-electron chi connectivity index (χ0n) is 18.9. The molecule has 1 N–H and O–H groups in total. The summed E-state index contributed by atoms with van der Waals surface area (Å²) in [6.07, 6.45) is 1.66. The van der Waals surface area contributed by atoms with Gasteiger partial charge in [-0.1, -0.05) is 50.2 Å². The van der Waals surface area contributed by atoms with Crippen molar-refractivity contribution < 1.29 is 14.3 Å². The fraction of sp³-hybridized carbons (Fsp3) is 0.440. The van der Waals surface area contributed by atoms with Gasteiger partial charge in [0.1, 0.15) is 12.3 Å². The molecule has 0 fully saturated rings. The third-order valence-electron chi connectivity index (χ3n) is 5.85. The Morgan fingerprint density at radius 1 is 1.16 bits per heavy atom. The molecular weight excluding hydrogens is 390 g/mol. The number of fused-ring (bicyclic) bond motifs is 1. The van der Waals surface area contributed by atoms with Crippen molar-refractivity contribution in [1.82, 2.24) is 9.80 Å². The molecule has 0 saturated heterocycles. The first-order chi connectivity index (χ1) is 14.9. The molecule has 166 valence electrons. The fourth-order valence-electron chi connectivity index (χ4n) is 3.98. The lowest BCUT2D eigenvalue weighted by atomic mass is 9.93. The zero-order valence-corrected chi connectivity index (χ0v) is 18.9. The third kappa shape index (κ3) is 5.57. The second-order valence-electron chi connectivity index (χ2n) is 8.45. The molecule has 1 aliphatic rings. The number of benzene rings is 2. The normalized spacial score (nSPS) is 15.4. The van der Waals surface area contributed by atoms with Crippen molar-refractivity contribution in [2.75, 3.05) is 32.1 Å². The van der Waals surface area contributed by atoms with E-state index < -0.39 is 0 Å². The minimum Gasteiger partial charge on any atom is -0.495 e. The summed E-state index contributed by atoms with van der Waals surface area (Å²) >= 11 is 0. The highest BCUT2D eigenvalue weighted by Crippen LogP contribution is 2.29. The van der Waals surface area contributed by atoms with E-state index in [0.29, 0.717) is 30.4 Å². The van der Waals surface area contributed by atoms with Crippen molar-refractivity contribution in [1.29, 1.82) is 0 Å². The van der Waals surface area contributed by atoms with Crippen LogP contribution in [0, 0.1) is 5.92 Å². The van der Waals surface area contributed by atoms with Gasteiger partial charge >= 0.3 is 6.03 Å². The van der Waals surface area contributed by atoms with Crippen LogP contribution < -0.4 is 10.1 Å². The third-order valence-corrected chi connectivity index (χ3v) is 5.85. The highest BCUT2D eigenvalue weighted by molar-refractivity contribution is 5.93. The number of anilines is 1. The number of ether oxygens (including phenoxy) is 1. The summed E-state index contributed by atoms with van der Waals surface area (Å²) in [5.74, 6) is 0.991. The number of rotatable bonds is 7. The average Bonchev–Trinajstić information content (AvgIpc) is 2.77. The summed E-state index contributed by atoms with van der Waals surface area (Å²) in [6, 6.07) is 15.3. The minimum atomic E-state index is -0.288. The molecule has 1 unspecified atom stereocenters. The quantitative estimate of drug-likeness (QED) is 0.701. The van der Waals surface area contributed by atoms with Crippen molar-refractivity contribution in [3.05, 3.63) is 59.7 Å². The van der Waals surface area contributed by atoms with Crippen LogP contribution in [-0.4, -0.2) is 48.5 Å². The average molecular weight is 424 g/mol. The van der Waals surface area contributed by atoms with E-state index in [1.165, 1.54) is 11.1 Å². The highest BCUT2D eigenvalue weighted by atomic mass is 16.5. The van der Waals surface area contributed by atoms with Crippen LogP contribution in [0.4, 0.5) is 10.5 Å². The number of nitrogens with zero attached hydrogens (tertiary/aromatic N) is 2. The molecule has 2 aromatic carbocycles. The van der Waals surface area contributed by atoms with Gasteiger partial charge in [0, 0.05) is 13.1 Å². The molecule has 2 aromatic rings. The van der Waals surface area contributed by atoms with Gasteiger partial charge in [-0.2, -0.15) is 0 Å². The molecule has 6 heteroatoms. The van der Waals surface area contributed by atoms with Crippen molar-refractivity contribution in [2.24, 2.45) is 5.92 Å². The van der Waals surface area contributed by atoms with E-state index in [0.717, 1.165) is 12.8 Å². The van der Waals surface area contributed by atoms with Crippen LogP contribution >= 0.6 is 0 Å². The summed E-state index contributed by atoms with van der Waals surface area (Å²) in [6.45, 7) is 7.53. The van der Waals surface area contributed by atoms with Gasteiger partial charge < -0.3 is 19.9 Å². The molecule has 1 heterocycles. The van der Waals surface area contributed by atoms with Gasteiger partial charge in [0.05, 0.1) is 18.8 Å². The van der Waals surface area contributed by atoms with Crippen molar-refractivity contribution in [3.8, 4) is 5.75 Å². The van der Waals surface area contributed by atoms with Crippen molar-refractivity contribution in [2.45, 2.75) is 39.7 Å². The number of para-hydroxylation sites is 2. The Balaban J connectivity index is 1.73. The maximum Gasteiger partial charge on any atom is 0.322 e. The van der Waals surface area contributed by atoms with Gasteiger partial charge in [0.25, 0.3) is 0 Å². The number of hydrogen-bond acceptors (Lipinski definition) is 3. The molecule has 1 aliphatic heterocycles. The first-order valence-electron chi connectivity index (χ1n) is 11.0. The Morgan fingerprint density at radius 2 is 1.87 bits per heavy atom. The lowest BCUT2D eigenvalue weighted by Gasteiger charge is -2.36. The molecule has 0 saturated carbocycles. The Kier molecular flexibility index (Phi) is 7.55. The van der Waals surface area contributed by atoms with Gasteiger partial charge in [0.2, 0.25) is 5.91 Å². The summed E-state index contributed by atoms with van der Waals surface area (Å²) in [5.41, 5.74) is 3.08. The van der Waals surface area contributed by atoms with Crippen LogP contribution in [0.3, 0.4) is 0 Å². The van der Waals surface area contributed by atoms with Gasteiger partial charge in [-0.15, -0.1) is 0 Å². The molecule has 0 radical (unpaired) electrons. The lowest BCUT2D eigenvalue weighted by molar-refractivity contribution is -0.134. The number of hydrogen-bond donors (Lipinski definition) is 1. The van der Waals surface area contributed by atoms with E-state index in [1.54, 1.807) is 24.1 Å². The molecule has 0 spiro atoms. The second kappa shape index (κ2) is 10.3. The molecule has 3 rings (SSSR count). The number of urea groups is 1. The van der Waals surface area contributed by atoms with E-state index in [2.05, 4.69) is 38.2 Å². The Bertz CT molecular complexity index is 912. The summed E-state index contributed by atoms with van der Waals surface area (Å²) in [4.78, 5) is 29.8. The number of carbonyl (C=O) groups is 2. The molecule has 1 atom stereocenters. The van der Waals surface area contributed by atoms with Crippen LogP contribution in [0.15, 0.2) is 48.5 Å². The first-order valence-corrected chi connectivity index (χ1v) is 11.0. The second-order valence-corrected chi connectivity index (χ2v) is 8.45. The van der Waals surface area contributed by atoms with Crippen LogP contribution in [0.2, 0.25) is 0 Å². The molecule has 0 bridgehead atoms. The van der Waals surface area contributed by atoms with Gasteiger partial charge in [-0.05, 0) is 48.9 Å². The number of carbonyl (C=O) groups excluding carboxylic acids is 2. The zero-order chi connectivity index (χ0) is 22.4. The Labute approximate surface area is 185 Å². The van der Waals surface area contributed by atoms with Crippen molar-refractivity contribution in [3.63, 3.8) is 0 Å². The predicted octanol–water partition coefficient (Wildman–Crippen LogP) is 4.72. The van der Waals surface area contributed by atoms with Crippen LogP contribution in [0.1, 0.15) is 44.4 Å². The topological polar surface area (TPSA) is 61.9 Å². The predicted molar refractivity (Wildman–Crippen MR) is 123 cm³/mol. The standard InChI is InChI=1S/C25H33N3O3/c1-18(2)13-15-27(25(30)26-22-11-7-8-12-23(22)31-4)17-24(29)28-16-14-20-9-5-6-10-21(20)19(28)3/h5-12,18-19H,13-17H2,1-4H3,(H,26,30). The van der Waals surface area contributed by atoms with E-state index in [4.69, 9.17) is 4.74 Å². The number of nitrogens with one attached hydrogen (secondary N) is 1. The van der Waals surface area contributed by atoms with Crippen LogP contribution in [0.5, 0.6) is 5.75 Å². The maximum absolute atomic E-state index is 13.2. The number of methoxy groups -OCH3 is 1. The van der Waals surface area contributed by atoms with Crippen LogP contribution in [-0.2, 0) is 11.2 Å². The Hall–Kier alpha value is -3.02. The van der Waals surface area contributed by atoms with E-state index >= 15 is 0 Å². The van der Waals surface area contributed by atoms with Gasteiger partial charge in [-0.3, -0.25) is 4.79 Å². The smallest absolute Gasteiger partial charge is 0.322 e. The molecule has 0 aromatic heterocycles. The van der Waals surface area contributed by atoms with Crippen LogP contribution in [0.25, 0.3) is 0 Å². The van der Waals surface area contributed by atoms with Gasteiger partial charge in [-0.25, -0.2) is 4.79 Å². The largest absolute Gasteiger partial charge is 0.495 e. The lowest BCUT2D eigenvalue weighted by Crippen LogP contribution is -2.47. The SMILES string of the molecule is COc1ccccc1NC(=O)N(CCC(C)C)CC(=O)N1CCc2ccccc2C1C. The fourth-order valence-corrected chi connectivity index (χ4v) is 3.98. The summed E-state index contributed by atoms with van der Waals surface area (Å²) < 4.78 is 5.34. The highest BCUT2D eigenvalue weighted by Gasteiger charge is 2.29. The maximum atomic E-state index is 13.2. The molecule has 6 nitrogen and oxygen atoms in total. The monoisotopic (exact) mass is 423 g/mol. The Morgan fingerprint density at radius 3 is 2.61 bits per heavy atom. The number of amides is 3. The first kappa shape index (κ1) is 22.7. The van der Waals surface area contributed by atoms with E-state index in [-0.39, 0.29) is 24.5 Å².